The third-order valence-corrected chi connectivity index (χ3v) is 8.42. The molecule has 0 spiro atoms. The molecule has 1 fully saturated rings. The molecule has 3 aromatic rings. The van der Waals surface area contributed by atoms with Crippen molar-refractivity contribution in [2.24, 2.45) is 0 Å². The van der Waals surface area contributed by atoms with Gasteiger partial charge in [0.05, 0.1) is 0 Å². The van der Waals surface area contributed by atoms with Crippen molar-refractivity contribution in [1.82, 2.24) is 9.97 Å². The van der Waals surface area contributed by atoms with Gasteiger partial charge in [0.2, 0.25) is 0 Å². The summed E-state index contributed by atoms with van der Waals surface area (Å²) in [5.41, 5.74) is 1.38. The molecule has 10 heteroatoms. The molecule has 0 unspecified atom stereocenters. The van der Waals surface area contributed by atoms with Crippen LogP contribution in [-0.2, 0) is 8.48 Å². The fraction of sp³-hybridized carbons (Fsp3) is 0.350. The number of benzene rings is 1. The number of nitrogens with one attached hydrogen (secondary N) is 1. The maximum absolute atomic E-state index is 12.8. The molecule has 0 aliphatic heterocycles. The van der Waals surface area contributed by atoms with Gasteiger partial charge in [0, 0.05) is 0 Å². The van der Waals surface area contributed by atoms with E-state index in [-0.39, 0.29) is 16.4 Å². The summed E-state index contributed by atoms with van der Waals surface area (Å²) in [5.74, 6) is 0.210. The van der Waals surface area contributed by atoms with E-state index >= 15 is 0 Å². The molecule has 0 atom stereocenters. The molecule has 8 nitrogen and oxygen atoms in total. The van der Waals surface area contributed by atoms with Gasteiger partial charge in [-0.25, -0.2) is 0 Å². The summed E-state index contributed by atoms with van der Waals surface area (Å²) < 4.78 is 35.7. The van der Waals surface area contributed by atoms with E-state index in [9.17, 15) is 16.7 Å². The Morgan fingerprint density at radius 3 is 2.53 bits per heavy atom. The molecule has 0 radical (unpaired) electrons. The van der Waals surface area contributed by atoms with E-state index < -0.39 is 14.2 Å². The maximum atomic E-state index is 12.8. The Labute approximate surface area is 180 Å². The van der Waals surface area contributed by atoms with Crippen molar-refractivity contribution in [1.29, 1.82) is 0 Å². The summed E-state index contributed by atoms with van der Waals surface area (Å²) in [6.07, 6.45) is 6.59. The molecular formula is C20H22AsN3O5S. The summed E-state index contributed by atoms with van der Waals surface area (Å²) in [6, 6.07) is 5.97. The molecule has 1 aromatic carbocycles. The van der Waals surface area contributed by atoms with Crippen molar-refractivity contribution in [3.05, 3.63) is 41.0 Å². The molecule has 3 N–H and O–H groups in total. The Morgan fingerprint density at radius 1 is 1.17 bits per heavy atom. The molecule has 158 valence electrons. The van der Waals surface area contributed by atoms with Crippen LogP contribution in [0.2, 0.25) is 0 Å². The molecule has 4 rings (SSSR count). The molecule has 1 saturated carbocycles. The number of aromatic nitrogens is 2. The van der Waals surface area contributed by atoms with Crippen LogP contribution < -0.4 is 9.67 Å². The minimum absolute atomic E-state index is 0.00553. The van der Waals surface area contributed by atoms with Crippen molar-refractivity contribution in [2.45, 2.75) is 45.1 Å². The number of hydrogen-bond donors (Lipinski definition) is 3. The number of hydrogen-bond acceptors (Lipinski definition) is 7. The molecule has 0 amide bonds. The topological polar surface area (TPSA) is 122 Å². The van der Waals surface area contributed by atoms with Crippen molar-refractivity contribution in [2.75, 3.05) is 5.32 Å². The summed E-state index contributed by atoms with van der Waals surface area (Å²) in [6.45, 7) is 1.85. The number of carbonyl (C=O) groups excluding carboxylic acids is 1. The van der Waals surface area contributed by atoms with E-state index in [1.807, 2.05) is 6.92 Å². The van der Waals surface area contributed by atoms with Crippen molar-refractivity contribution in [3.63, 3.8) is 0 Å². The number of aryl methyl sites for hydroxylation is 1. The van der Waals surface area contributed by atoms with Crippen LogP contribution in [0.15, 0.2) is 30.6 Å². The Kier molecular flexibility index (Phi) is 5.97. The van der Waals surface area contributed by atoms with Gasteiger partial charge in [0.25, 0.3) is 0 Å². The minimum atomic E-state index is -4.92. The van der Waals surface area contributed by atoms with Crippen molar-refractivity contribution >= 4 is 57.6 Å². The van der Waals surface area contributed by atoms with Gasteiger partial charge in [-0.15, -0.1) is 0 Å². The number of carbonyl (C=O) groups is 1. The Balaban J connectivity index is 1.60. The predicted octanol–water partition coefficient (Wildman–Crippen LogP) is 2.79. The quantitative estimate of drug-likeness (QED) is 0.368. The van der Waals surface area contributed by atoms with Crippen LogP contribution in [0.5, 0.6) is 0 Å². The average Bonchev–Trinajstić information content (AvgIpc) is 3.06. The third-order valence-electron chi connectivity index (χ3n) is 5.20. The van der Waals surface area contributed by atoms with Crippen molar-refractivity contribution in [3.8, 4) is 0 Å². The zero-order valence-electron chi connectivity index (χ0n) is 16.4. The fourth-order valence-corrected chi connectivity index (χ4v) is 5.78. The summed E-state index contributed by atoms with van der Waals surface area (Å²) in [5, 5.41) is 3.89. The van der Waals surface area contributed by atoms with E-state index in [0.717, 1.165) is 36.6 Å². The molecule has 2 aromatic heterocycles. The van der Waals surface area contributed by atoms with Crippen LogP contribution in [0.25, 0.3) is 10.2 Å². The molecule has 1 aliphatic rings. The standard InChI is InChI=1S/C20H22AsN3O5S/c1-12-16-18(24-14-9-7-13(8-10-14)21(26,27)28)22-11-23-19(16)30-17(12)20(25)29-15-5-3-2-4-6-15/h7-11,15H,2-6H2,1H3,(H,22,23,24)(H2,26,27,28). The number of fused-ring (bicyclic) bond motifs is 1. The average molecular weight is 491 g/mol. The SMILES string of the molecule is Cc1c(C(=O)OC2CCCCC2)sc2ncnc(Nc3ccc([As](=O)(O)O)cc3)c12. The summed E-state index contributed by atoms with van der Waals surface area (Å²) >= 11 is -3.64. The van der Waals surface area contributed by atoms with Gasteiger partial charge < -0.3 is 0 Å². The monoisotopic (exact) mass is 491 g/mol. The second kappa shape index (κ2) is 8.51. The molecule has 2 heterocycles. The van der Waals surface area contributed by atoms with Crippen LogP contribution in [0.1, 0.15) is 47.3 Å². The number of esters is 1. The Bertz CT molecular complexity index is 1120. The Hall–Kier alpha value is -2.19. The van der Waals surface area contributed by atoms with Gasteiger partial charge in [-0.3, -0.25) is 0 Å². The van der Waals surface area contributed by atoms with E-state index in [2.05, 4.69) is 15.3 Å². The second-order valence-electron chi connectivity index (χ2n) is 7.34. The predicted molar refractivity (Wildman–Crippen MR) is 115 cm³/mol. The van der Waals surface area contributed by atoms with Crippen LogP contribution in [0, 0.1) is 6.92 Å². The van der Waals surface area contributed by atoms with Gasteiger partial charge >= 0.3 is 148 Å². The zero-order chi connectivity index (χ0) is 21.3. The van der Waals surface area contributed by atoms with Crippen LogP contribution in [-0.4, -0.2) is 44.4 Å². The van der Waals surface area contributed by atoms with Gasteiger partial charge in [0.15, 0.2) is 0 Å². The van der Waals surface area contributed by atoms with Crippen molar-refractivity contribution < 1.29 is 21.5 Å². The number of rotatable bonds is 5. The van der Waals surface area contributed by atoms with E-state index in [1.165, 1.54) is 36.2 Å². The van der Waals surface area contributed by atoms with E-state index in [4.69, 9.17) is 4.74 Å². The molecule has 30 heavy (non-hydrogen) atoms. The zero-order valence-corrected chi connectivity index (χ0v) is 19.1. The van der Waals surface area contributed by atoms with Gasteiger partial charge in [-0.1, -0.05) is 6.42 Å². The third kappa shape index (κ3) is 4.44. The van der Waals surface area contributed by atoms with Gasteiger partial charge in [-0.05, 0) is 25.7 Å². The first-order chi connectivity index (χ1) is 14.3. The van der Waals surface area contributed by atoms with Crippen LogP contribution in [0.3, 0.4) is 0 Å². The molecule has 0 bridgehead atoms. The first-order valence-electron chi connectivity index (χ1n) is 9.71. The molecule has 1 aliphatic carbocycles. The number of ether oxygens (including phenoxy) is 1. The second-order valence-corrected chi connectivity index (χ2v) is 11.7. The normalized spacial score (nSPS) is 15.3. The molecular weight excluding hydrogens is 469 g/mol. The molecule has 0 saturated heterocycles. The fourth-order valence-electron chi connectivity index (χ4n) is 3.62. The van der Waals surface area contributed by atoms with Crippen LogP contribution >= 0.6 is 11.3 Å². The number of anilines is 2. The number of nitrogens with zero attached hydrogens (tertiary/aromatic N) is 2. The first kappa shape index (κ1) is 21.1. The summed E-state index contributed by atoms with van der Waals surface area (Å²) in [4.78, 5) is 22.6. The van der Waals surface area contributed by atoms with Gasteiger partial charge in [0.1, 0.15) is 0 Å². The first-order valence-corrected chi connectivity index (χ1v) is 13.9. The summed E-state index contributed by atoms with van der Waals surface area (Å²) in [7, 11) is 0. The van der Waals surface area contributed by atoms with Crippen LogP contribution in [0.4, 0.5) is 11.5 Å². The van der Waals surface area contributed by atoms with E-state index in [1.54, 1.807) is 12.1 Å². The Morgan fingerprint density at radius 2 is 1.87 bits per heavy atom. The van der Waals surface area contributed by atoms with E-state index in [0.29, 0.717) is 21.2 Å². The van der Waals surface area contributed by atoms with Gasteiger partial charge in [-0.2, -0.15) is 0 Å². The number of thiophene rings is 1.